The van der Waals surface area contributed by atoms with Crippen LogP contribution in [0.15, 0.2) is 60.9 Å². The zero-order chi connectivity index (χ0) is 42.0. The highest BCUT2D eigenvalue weighted by Gasteiger charge is 2.55. The molecule has 5 atom stereocenters. The molecule has 4 aromatic rings. The molecule has 2 aliphatic heterocycles. The number of H-pyrrole nitrogens is 2. The molecule has 1 saturated carbocycles. The van der Waals surface area contributed by atoms with Crippen molar-refractivity contribution in [3.05, 3.63) is 83.7 Å². The summed E-state index contributed by atoms with van der Waals surface area (Å²) in [5.41, 5.74) is 5.44. The summed E-state index contributed by atoms with van der Waals surface area (Å²) >= 11 is 0. The van der Waals surface area contributed by atoms with Crippen molar-refractivity contribution in [1.29, 1.82) is 0 Å². The summed E-state index contributed by atoms with van der Waals surface area (Å²) in [5, 5.41) is 5.44. The van der Waals surface area contributed by atoms with Gasteiger partial charge in [0.15, 0.2) is 0 Å². The Morgan fingerprint density at radius 3 is 1.63 bits per heavy atom. The van der Waals surface area contributed by atoms with Crippen molar-refractivity contribution >= 4 is 24.0 Å². The van der Waals surface area contributed by atoms with E-state index in [2.05, 4.69) is 44.4 Å². The van der Waals surface area contributed by atoms with E-state index in [1.54, 1.807) is 6.20 Å². The normalized spacial score (nSPS) is 20.3. The molecule has 59 heavy (non-hydrogen) atoms. The highest BCUT2D eigenvalue weighted by atomic mass is 16.5. The van der Waals surface area contributed by atoms with Crippen LogP contribution in [-0.2, 0) is 19.1 Å². The van der Waals surface area contributed by atoms with Gasteiger partial charge in [0.1, 0.15) is 23.7 Å². The highest BCUT2D eigenvalue weighted by molar-refractivity contribution is 5.87. The maximum atomic E-state index is 13.8. The van der Waals surface area contributed by atoms with Crippen LogP contribution in [0.5, 0.6) is 0 Å². The van der Waals surface area contributed by atoms with E-state index in [-0.39, 0.29) is 47.1 Å². The third-order valence-corrected chi connectivity index (χ3v) is 11.9. The third-order valence-electron chi connectivity index (χ3n) is 11.9. The number of nitrogens with zero attached hydrogens (tertiary/aromatic N) is 4. The number of hydrogen-bond donors (Lipinski definition) is 4. The number of carbonyl (C=O) groups excluding carboxylic acids is 4. The molecule has 7 rings (SSSR count). The molecule has 0 radical (unpaired) electrons. The first kappa shape index (κ1) is 41.1. The van der Waals surface area contributed by atoms with E-state index in [4.69, 9.17) is 14.5 Å². The molecular weight excluding hydrogens is 749 g/mol. The number of benzene rings is 2. The van der Waals surface area contributed by atoms with Crippen molar-refractivity contribution in [3.63, 3.8) is 0 Å². The van der Waals surface area contributed by atoms with E-state index in [0.29, 0.717) is 18.9 Å². The van der Waals surface area contributed by atoms with Crippen molar-refractivity contribution in [3.8, 4) is 34.4 Å². The van der Waals surface area contributed by atoms with E-state index in [1.165, 1.54) is 14.2 Å². The zero-order valence-electron chi connectivity index (χ0n) is 34.8. The number of carbonyl (C=O) groups is 4. The quantitative estimate of drug-likeness (QED) is 0.130. The van der Waals surface area contributed by atoms with Crippen LogP contribution in [0.4, 0.5) is 9.59 Å². The predicted octanol–water partition coefficient (Wildman–Crippen LogP) is 6.59. The van der Waals surface area contributed by atoms with Gasteiger partial charge in [-0.3, -0.25) is 9.59 Å². The molecule has 4 heterocycles. The standard InChI is InChI=1S/C45H54N8O6/c1-26(2)37(50-43(56)58-6)41(54)52-24-28(5)20-35(52)39-46-22-33(48-39)31-14-10-29(11-15-31)8-9-30-12-16-32(17-13-30)34-23-47-40(49-34)36-21-45(18-19-45)25-53(36)42(55)38(27(3)4)51-44(57)59-7/h10-17,22-23,26-28,35-38H,18-21,24-25H2,1-7H3,(H,46,48)(H,47,49)(H,50,56)(H,51,57)/t28-,35-,36-,37-,38-/m0/s1. The fraction of sp³-hybridized carbons (Fsp3) is 0.467. The number of imidazole rings is 2. The second-order valence-electron chi connectivity index (χ2n) is 17.0. The summed E-state index contributed by atoms with van der Waals surface area (Å²) in [6.45, 7) is 11.0. The van der Waals surface area contributed by atoms with Gasteiger partial charge in [-0.05, 0) is 84.2 Å². The predicted molar refractivity (Wildman–Crippen MR) is 221 cm³/mol. The number of ether oxygens (including phenoxy) is 2. The summed E-state index contributed by atoms with van der Waals surface area (Å²) in [6, 6.07) is 14.1. The molecule has 4 N–H and O–H groups in total. The monoisotopic (exact) mass is 802 g/mol. The maximum absolute atomic E-state index is 13.8. The molecule has 0 bridgehead atoms. The largest absolute Gasteiger partial charge is 0.453 e. The Labute approximate surface area is 345 Å². The fourth-order valence-electron chi connectivity index (χ4n) is 8.29. The minimum atomic E-state index is -0.702. The van der Waals surface area contributed by atoms with Gasteiger partial charge in [0.2, 0.25) is 11.8 Å². The molecule has 3 fully saturated rings. The van der Waals surface area contributed by atoms with Crippen LogP contribution < -0.4 is 10.6 Å². The molecule has 2 saturated heterocycles. The molecular formula is C45H54N8O6. The second kappa shape index (κ2) is 17.0. The number of methoxy groups -OCH3 is 2. The second-order valence-corrected chi connectivity index (χ2v) is 17.0. The van der Waals surface area contributed by atoms with Crippen molar-refractivity contribution in [2.45, 2.75) is 84.5 Å². The van der Waals surface area contributed by atoms with Gasteiger partial charge in [-0.15, -0.1) is 0 Å². The van der Waals surface area contributed by atoms with Crippen molar-refractivity contribution in [1.82, 2.24) is 40.4 Å². The molecule has 1 aliphatic carbocycles. The summed E-state index contributed by atoms with van der Waals surface area (Å²) in [5.74, 6) is 7.77. The number of nitrogens with one attached hydrogen (secondary N) is 4. The average molecular weight is 803 g/mol. The Morgan fingerprint density at radius 2 is 1.19 bits per heavy atom. The number of likely N-dealkylation sites (tertiary alicyclic amines) is 2. The summed E-state index contributed by atoms with van der Waals surface area (Å²) in [7, 11) is 2.59. The molecule has 3 aliphatic rings. The van der Waals surface area contributed by atoms with Gasteiger partial charge in [-0.2, -0.15) is 0 Å². The van der Waals surface area contributed by atoms with Gasteiger partial charge in [0.25, 0.3) is 0 Å². The highest BCUT2D eigenvalue weighted by Crippen LogP contribution is 2.58. The lowest BCUT2D eigenvalue weighted by atomic mass is 10.0. The molecule has 14 nitrogen and oxygen atoms in total. The lowest BCUT2D eigenvalue weighted by Crippen LogP contribution is -2.51. The van der Waals surface area contributed by atoms with Crippen LogP contribution in [0.1, 0.15) is 95.2 Å². The molecule has 0 unspecified atom stereocenters. The Hall–Kier alpha value is -6.10. The number of hydrogen-bond acceptors (Lipinski definition) is 8. The Morgan fingerprint density at radius 1 is 0.729 bits per heavy atom. The SMILES string of the molecule is COC(=O)N[C@H](C(=O)N1C[C@@H](C)C[C@H]1c1ncc(-c2ccc(C#Cc3ccc(-c4cnc([C@@H]5CC6(CC6)CN5C(=O)[C@@H](NC(=O)OC)C(C)C)[nH]4)cc3)cc2)[nH]1)C(C)C. The fourth-order valence-corrected chi connectivity index (χ4v) is 8.29. The maximum Gasteiger partial charge on any atom is 0.407 e. The molecule has 2 aromatic heterocycles. The van der Waals surface area contributed by atoms with Crippen molar-refractivity contribution < 1.29 is 28.7 Å². The Kier molecular flexibility index (Phi) is 11.8. The van der Waals surface area contributed by atoms with Crippen LogP contribution in [0, 0.1) is 35.0 Å². The minimum absolute atomic E-state index is 0.107. The average Bonchev–Trinajstić information content (AvgIpc) is 3.70. The van der Waals surface area contributed by atoms with E-state index in [1.807, 2.05) is 92.2 Å². The number of alkyl carbamates (subject to hydrolysis) is 2. The number of rotatable bonds is 10. The number of aromatic nitrogens is 4. The minimum Gasteiger partial charge on any atom is -0.453 e. The van der Waals surface area contributed by atoms with Crippen molar-refractivity contribution in [2.75, 3.05) is 27.3 Å². The van der Waals surface area contributed by atoms with Crippen molar-refractivity contribution in [2.24, 2.45) is 23.2 Å². The van der Waals surface area contributed by atoms with Gasteiger partial charge in [0.05, 0.1) is 50.1 Å². The van der Waals surface area contributed by atoms with E-state index in [0.717, 1.165) is 65.1 Å². The van der Waals surface area contributed by atoms with Gasteiger partial charge in [0, 0.05) is 24.2 Å². The smallest absolute Gasteiger partial charge is 0.407 e. The molecule has 14 heteroatoms. The number of amides is 4. The van der Waals surface area contributed by atoms with E-state index < -0.39 is 24.3 Å². The Balaban J connectivity index is 0.994. The van der Waals surface area contributed by atoms with Crippen LogP contribution in [-0.4, -0.2) is 93.1 Å². The van der Waals surface area contributed by atoms with Gasteiger partial charge in [-0.1, -0.05) is 70.7 Å². The van der Waals surface area contributed by atoms with E-state index in [9.17, 15) is 19.2 Å². The first-order valence-electron chi connectivity index (χ1n) is 20.4. The van der Waals surface area contributed by atoms with Crippen LogP contribution in [0.25, 0.3) is 22.5 Å². The molecule has 4 amide bonds. The molecule has 1 spiro atoms. The van der Waals surface area contributed by atoms with E-state index >= 15 is 0 Å². The van der Waals surface area contributed by atoms with Crippen LogP contribution >= 0.6 is 0 Å². The Bertz CT molecular complexity index is 2230. The lowest BCUT2D eigenvalue weighted by Gasteiger charge is -2.30. The topological polar surface area (TPSA) is 175 Å². The van der Waals surface area contributed by atoms with Gasteiger partial charge in [-0.25, -0.2) is 19.6 Å². The third kappa shape index (κ3) is 8.99. The molecule has 310 valence electrons. The lowest BCUT2D eigenvalue weighted by molar-refractivity contribution is -0.136. The molecule has 2 aromatic carbocycles. The first-order valence-corrected chi connectivity index (χ1v) is 20.4. The van der Waals surface area contributed by atoms with Gasteiger partial charge >= 0.3 is 12.2 Å². The first-order chi connectivity index (χ1) is 28.3. The summed E-state index contributed by atoms with van der Waals surface area (Å²) in [4.78, 5) is 71.6. The van der Waals surface area contributed by atoms with Crippen LogP contribution in [0.3, 0.4) is 0 Å². The summed E-state index contributed by atoms with van der Waals surface area (Å²) < 4.78 is 9.57. The zero-order valence-corrected chi connectivity index (χ0v) is 34.8. The number of aromatic amines is 2. The summed E-state index contributed by atoms with van der Waals surface area (Å²) in [6.07, 6.45) is 6.12. The van der Waals surface area contributed by atoms with Crippen LogP contribution in [0.2, 0.25) is 0 Å². The van der Waals surface area contributed by atoms with Gasteiger partial charge < -0.3 is 39.9 Å².